The van der Waals surface area contributed by atoms with Gasteiger partial charge in [-0.15, -0.1) is 0 Å². The number of carbonyl (C=O) groups excluding carboxylic acids is 2. The number of thiol groups is 1. The molecule has 0 amide bonds. The van der Waals surface area contributed by atoms with E-state index in [9.17, 15) is 18.0 Å². The molecule has 0 aliphatic carbocycles. The van der Waals surface area contributed by atoms with Crippen molar-refractivity contribution in [3.05, 3.63) is 0 Å². The van der Waals surface area contributed by atoms with E-state index < -0.39 is 21.9 Å². The lowest BCUT2D eigenvalue weighted by Crippen LogP contribution is -2.20. The molecule has 0 aromatic rings. The topological polar surface area (TPSA) is 86.7 Å². The molecule has 0 aliphatic heterocycles. The van der Waals surface area contributed by atoms with Gasteiger partial charge in [0.25, 0.3) is 0 Å². The molecule has 1 atom stereocenters. The second-order valence-electron chi connectivity index (χ2n) is 14.7. The van der Waals surface area contributed by atoms with Crippen LogP contribution in [0.4, 0.5) is 0 Å². The molecular weight excluding hydrogens is 633 g/mol. The van der Waals surface area contributed by atoms with Crippen LogP contribution in [0.5, 0.6) is 0 Å². The number of unbranched alkanes of at least 4 members (excludes halogenated alkanes) is 30. The molecule has 0 radical (unpaired) electrons. The molecule has 0 rings (SSSR count). The van der Waals surface area contributed by atoms with Crippen molar-refractivity contribution in [2.24, 2.45) is 0 Å². The number of rotatable bonds is 40. The summed E-state index contributed by atoms with van der Waals surface area (Å²) in [5.74, 6) is -0.879. The zero-order valence-corrected chi connectivity index (χ0v) is 33.5. The van der Waals surface area contributed by atoms with Gasteiger partial charge in [-0.2, -0.15) is 0 Å². The van der Waals surface area contributed by atoms with Crippen LogP contribution >= 0.6 is 0 Å². The normalized spacial score (nSPS) is 12.1. The summed E-state index contributed by atoms with van der Waals surface area (Å²) < 4.78 is 34.0. The highest BCUT2D eigenvalue weighted by Gasteiger charge is 2.19. The maximum absolute atomic E-state index is 12.2. The van der Waals surface area contributed by atoms with Gasteiger partial charge in [-0.05, 0) is 19.3 Å². The van der Waals surface area contributed by atoms with E-state index in [0.29, 0.717) is 13.2 Å². The van der Waals surface area contributed by atoms with Crippen molar-refractivity contribution in [3.8, 4) is 0 Å². The van der Waals surface area contributed by atoms with Gasteiger partial charge in [-0.1, -0.05) is 206 Å². The highest BCUT2D eigenvalue weighted by Crippen LogP contribution is 2.16. The Morgan fingerprint density at radius 1 is 0.408 bits per heavy atom. The standard InChI is InChI=1S/C42H82O6S/c1-3-5-7-9-11-13-15-17-19-21-23-25-27-29-31-33-37-47-41(43)36-35-40(49(45)46)39-42(44)48-38-34-32-30-28-26-24-22-20-18-16-14-12-10-8-6-4-2/h40,49H,3-39H2,1-2H3. The molecule has 0 spiro atoms. The van der Waals surface area contributed by atoms with Gasteiger partial charge in [0, 0.05) is 6.42 Å². The summed E-state index contributed by atoms with van der Waals surface area (Å²) >= 11 is 0. The summed E-state index contributed by atoms with van der Waals surface area (Å²) in [5, 5.41) is -0.878. The van der Waals surface area contributed by atoms with Crippen molar-refractivity contribution in [1.29, 1.82) is 0 Å². The lowest BCUT2D eigenvalue weighted by atomic mass is 10.0. The molecule has 49 heavy (non-hydrogen) atoms. The Morgan fingerprint density at radius 2 is 0.673 bits per heavy atom. The number of ether oxygens (including phenoxy) is 2. The van der Waals surface area contributed by atoms with E-state index in [1.807, 2.05) is 0 Å². The first-order valence-electron chi connectivity index (χ1n) is 21.5. The molecule has 292 valence electrons. The highest BCUT2D eigenvalue weighted by molar-refractivity contribution is 7.73. The van der Waals surface area contributed by atoms with Gasteiger partial charge in [0.15, 0.2) is 0 Å². The molecule has 7 heteroatoms. The summed E-state index contributed by atoms with van der Waals surface area (Å²) in [4.78, 5) is 24.3. The second-order valence-corrected chi connectivity index (χ2v) is 16.0. The first kappa shape index (κ1) is 47.9. The quantitative estimate of drug-likeness (QED) is 0.0386. The second kappa shape index (κ2) is 39.7. The molecule has 0 aromatic heterocycles. The Bertz CT molecular complexity index is 775. The average molecular weight is 715 g/mol. The fraction of sp³-hybridized carbons (Fsp3) is 0.952. The van der Waals surface area contributed by atoms with E-state index in [1.165, 1.54) is 167 Å². The van der Waals surface area contributed by atoms with Crippen molar-refractivity contribution < 1.29 is 27.5 Å². The molecule has 0 saturated carbocycles. The van der Waals surface area contributed by atoms with Crippen LogP contribution in [0.15, 0.2) is 0 Å². The Morgan fingerprint density at radius 3 is 0.959 bits per heavy atom. The minimum Gasteiger partial charge on any atom is -0.466 e. The molecule has 0 N–H and O–H groups in total. The molecule has 0 aromatic carbocycles. The summed E-state index contributed by atoms with van der Waals surface area (Å²) in [6, 6.07) is 0. The van der Waals surface area contributed by atoms with Gasteiger partial charge in [0.2, 0.25) is 0 Å². The van der Waals surface area contributed by atoms with Crippen LogP contribution < -0.4 is 0 Å². The van der Waals surface area contributed by atoms with Gasteiger partial charge < -0.3 is 9.47 Å². The number of carbonyl (C=O) groups is 2. The Kier molecular flexibility index (Phi) is 38.8. The number of hydrogen-bond donors (Lipinski definition) is 1. The average Bonchev–Trinajstić information content (AvgIpc) is 3.09. The van der Waals surface area contributed by atoms with E-state index in [1.54, 1.807) is 0 Å². The number of hydrogen-bond acceptors (Lipinski definition) is 6. The third-order valence-corrected chi connectivity index (χ3v) is 10.9. The first-order chi connectivity index (χ1) is 24.0. The maximum Gasteiger partial charge on any atom is 0.307 e. The van der Waals surface area contributed by atoms with Crippen LogP contribution in [0, 0.1) is 0 Å². The van der Waals surface area contributed by atoms with Crippen LogP contribution in [-0.2, 0) is 29.8 Å². The summed E-state index contributed by atoms with van der Waals surface area (Å²) in [7, 11) is -2.81. The minimum atomic E-state index is -2.81. The van der Waals surface area contributed by atoms with Crippen LogP contribution in [0.3, 0.4) is 0 Å². The van der Waals surface area contributed by atoms with Gasteiger partial charge in [-0.3, -0.25) is 9.59 Å². The molecule has 1 unspecified atom stereocenters. The third kappa shape index (κ3) is 38.0. The van der Waals surface area contributed by atoms with E-state index >= 15 is 0 Å². The van der Waals surface area contributed by atoms with E-state index in [4.69, 9.17) is 9.47 Å². The minimum absolute atomic E-state index is 0.0131. The Hall–Kier alpha value is -1.11. The van der Waals surface area contributed by atoms with E-state index in [2.05, 4.69) is 13.8 Å². The van der Waals surface area contributed by atoms with E-state index in [-0.39, 0.29) is 25.2 Å². The summed E-state index contributed by atoms with van der Waals surface area (Å²) in [6.45, 7) is 5.25. The molecule has 6 nitrogen and oxygen atoms in total. The van der Waals surface area contributed by atoms with Crippen LogP contribution in [0.2, 0.25) is 0 Å². The largest absolute Gasteiger partial charge is 0.466 e. The Labute approximate surface area is 306 Å². The van der Waals surface area contributed by atoms with Gasteiger partial charge >= 0.3 is 11.9 Å². The highest BCUT2D eigenvalue weighted by atomic mass is 32.2. The van der Waals surface area contributed by atoms with Crippen molar-refractivity contribution >= 4 is 22.6 Å². The molecule has 0 heterocycles. The zero-order chi connectivity index (χ0) is 35.9. The zero-order valence-electron chi connectivity index (χ0n) is 32.6. The lowest BCUT2D eigenvalue weighted by Gasteiger charge is -2.11. The van der Waals surface area contributed by atoms with Gasteiger partial charge in [0.05, 0.1) is 24.9 Å². The molecule has 0 fully saturated rings. The third-order valence-electron chi connectivity index (χ3n) is 9.90. The smallest absolute Gasteiger partial charge is 0.307 e. The fourth-order valence-electron chi connectivity index (χ4n) is 6.56. The molecule has 0 bridgehead atoms. The van der Waals surface area contributed by atoms with Crippen molar-refractivity contribution in [1.82, 2.24) is 0 Å². The fourth-order valence-corrected chi connectivity index (χ4v) is 7.20. The predicted octanol–water partition coefficient (Wildman–Crippen LogP) is 12.7. The molecule has 0 aliphatic rings. The van der Waals surface area contributed by atoms with Crippen molar-refractivity contribution in [3.63, 3.8) is 0 Å². The summed E-state index contributed by atoms with van der Waals surface area (Å²) in [6.07, 6.45) is 41.3. The first-order valence-corrected chi connectivity index (χ1v) is 22.7. The van der Waals surface area contributed by atoms with Gasteiger partial charge in [0.1, 0.15) is 10.7 Å². The van der Waals surface area contributed by atoms with Crippen LogP contribution in [0.25, 0.3) is 0 Å². The maximum atomic E-state index is 12.2. The van der Waals surface area contributed by atoms with Crippen molar-refractivity contribution in [2.45, 2.75) is 244 Å². The molecule has 0 saturated heterocycles. The molecular formula is C42H82O6S. The lowest BCUT2D eigenvalue weighted by molar-refractivity contribution is -0.146. The van der Waals surface area contributed by atoms with Gasteiger partial charge in [-0.25, -0.2) is 8.42 Å². The predicted molar refractivity (Wildman–Crippen MR) is 209 cm³/mol. The summed E-state index contributed by atoms with van der Waals surface area (Å²) in [5.41, 5.74) is 0. The number of esters is 2. The Balaban J connectivity index is 3.58. The van der Waals surface area contributed by atoms with Crippen LogP contribution in [0.1, 0.15) is 239 Å². The SMILES string of the molecule is CCCCCCCCCCCCCCCCCCOC(=O)CCC(CC(=O)OCCCCCCCCCCCCCCCCCC)[SH](=O)=O. The van der Waals surface area contributed by atoms with Crippen molar-refractivity contribution in [2.75, 3.05) is 13.2 Å². The van der Waals surface area contributed by atoms with Crippen LogP contribution in [-0.4, -0.2) is 38.8 Å². The van der Waals surface area contributed by atoms with E-state index in [0.717, 1.165) is 38.5 Å². The monoisotopic (exact) mass is 715 g/mol.